The zero-order valence-corrected chi connectivity index (χ0v) is 24.5. The molecule has 4 aromatic carbocycles. The van der Waals surface area contributed by atoms with Crippen LogP contribution >= 0.6 is 0 Å². The summed E-state index contributed by atoms with van der Waals surface area (Å²) in [6, 6.07) is 37.2. The Kier molecular flexibility index (Phi) is 6.19. The van der Waals surface area contributed by atoms with Crippen molar-refractivity contribution < 1.29 is 4.42 Å². The van der Waals surface area contributed by atoms with Crippen LogP contribution in [0.1, 0.15) is 26.0 Å². The summed E-state index contributed by atoms with van der Waals surface area (Å²) in [4.78, 5) is 15.2. The van der Waals surface area contributed by atoms with Crippen LogP contribution in [0, 0.1) is 0 Å². The molecule has 4 aromatic heterocycles. The molecule has 6 heteroatoms. The average molecular weight is 572 g/mol. The number of aromatic nitrogens is 5. The van der Waals surface area contributed by atoms with Crippen molar-refractivity contribution in [3.05, 3.63) is 133 Å². The first-order chi connectivity index (χ1) is 21.7. The van der Waals surface area contributed by atoms with Gasteiger partial charge >= 0.3 is 0 Å². The number of benzene rings is 4. The lowest BCUT2D eigenvalue weighted by molar-refractivity contribution is 0.656. The molecular formula is C38H29N5O. The molecule has 212 valence electrons. The van der Waals surface area contributed by atoms with Crippen molar-refractivity contribution in [3.63, 3.8) is 0 Å². The smallest absolute Gasteiger partial charge is 0.248 e. The van der Waals surface area contributed by atoms with Gasteiger partial charge in [0.2, 0.25) is 11.5 Å². The Morgan fingerprint density at radius 3 is 2.34 bits per heavy atom. The van der Waals surface area contributed by atoms with E-state index in [0.29, 0.717) is 11.5 Å². The van der Waals surface area contributed by atoms with Gasteiger partial charge in [-0.05, 0) is 67.4 Å². The number of hydrogen-bond acceptors (Lipinski definition) is 4. The number of allylic oxidation sites excluding steroid dienone is 4. The molecule has 0 unspecified atom stereocenters. The molecule has 0 aliphatic heterocycles. The first-order valence-electron chi connectivity index (χ1n) is 14.9. The highest BCUT2D eigenvalue weighted by Gasteiger charge is 2.22. The molecule has 0 spiro atoms. The molecule has 0 radical (unpaired) electrons. The highest BCUT2D eigenvalue weighted by Crippen LogP contribution is 2.36. The summed E-state index contributed by atoms with van der Waals surface area (Å²) in [5, 5.41) is 1.04. The Labute approximate surface area is 254 Å². The maximum atomic E-state index is 6.18. The molecule has 4 heterocycles. The molecule has 0 atom stereocenters. The second-order valence-corrected chi connectivity index (χ2v) is 10.8. The van der Waals surface area contributed by atoms with E-state index < -0.39 is 0 Å². The molecule has 6 nitrogen and oxygen atoms in total. The van der Waals surface area contributed by atoms with Crippen molar-refractivity contribution in [2.24, 2.45) is 0 Å². The van der Waals surface area contributed by atoms with E-state index in [1.165, 1.54) is 0 Å². The van der Waals surface area contributed by atoms with Crippen LogP contribution in [0.2, 0.25) is 0 Å². The molecular weight excluding hydrogens is 542 g/mol. The minimum absolute atomic E-state index is 0.625. The van der Waals surface area contributed by atoms with Crippen molar-refractivity contribution in [1.29, 1.82) is 0 Å². The molecule has 0 N–H and O–H groups in total. The fraction of sp³-hybridized carbons (Fsp3) is 0.0789. The lowest BCUT2D eigenvalue weighted by Crippen LogP contribution is -1.99. The molecule has 0 bridgehead atoms. The highest BCUT2D eigenvalue weighted by molar-refractivity contribution is 6.06. The summed E-state index contributed by atoms with van der Waals surface area (Å²) in [6.07, 6.45) is 7.29. The van der Waals surface area contributed by atoms with Gasteiger partial charge in [0.15, 0.2) is 5.82 Å². The standard InChI is InChI=1S/C38H29N5O/c1-3-13-25(14-4-2)30-24-31(26-15-7-5-8-16-26)40-36(39-30)27-21-22-32-33(23-27)42(28-17-9-6-10-18-28)38-41-37-35(43(32)38)29-19-11-12-20-34(29)44-37/h3,5-24H,4H2,1-2H3/b13-3-,25-14+. The Morgan fingerprint density at radius 2 is 1.55 bits per heavy atom. The lowest BCUT2D eigenvalue weighted by Gasteiger charge is -2.11. The molecule has 0 fully saturated rings. The Hall–Kier alpha value is -5.75. The van der Waals surface area contributed by atoms with Gasteiger partial charge in [0.25, 0.3) is 0 Å². The molecule has 0 aliphatic rings. The fourth-order valence-electron chi connectivity index (χ4n) is 6.04. The number of rotatable bonds is 6. The summed E-state index contributed by atoms with van der Waals surface area (Å²) in [5.74, 6) is 1.47. The van der Waals surface area contributed by atoms with Gasteiger partial charge in [0.1, 0.15) is 11.1 Å². The molecule has 44 heavy (non-hydrogen) atoms. The van der Waals surface area contributed by atoms with E-state index in [4.69, 9.17) is 19.4 Å². The maximum Gasteiger partial charge on any atom is 0.248 e. The van der Waals surface area contributed by atoms with E-state index in [2.05, 4.69) is 88.7 Å². The zero-order valence-electron chi connectivity index (χ0n) is 24.5. The average Bonchev–Trinajstić information content (AvgIpc) is 3.71. The molecule has 0 saturated heterocycles. The third-order valence-electron chi connectivity index (χ3n) is 7.97. The number of furan rings is 1. The predicted octanol–water partition coefficient (Wildman–Crippen LogP) is 9.67. The second-order valence-electron chi connectivity index (χ2n) is 10.8. The summed E-state index contributed by atoms with van der Waals surface area (Å²) in [6.45, 7) is 4.18. The monoisotopic (exact) mass is 571 g/mol. The Bertz CT molecular complexity index is 2370. The predicted molar refractivity (Wildman–Crippen MR) is 179 cm³/mol. The molecule has 0 amide bonds. The number of fused-ring (bicyclic) bond motifs is 7. The minimum Gasteiger partial charge on any atom is -0.436 e. The van der Waals surface area contributed by atoms with Crippen LogP contribution in [0.25, 0.3) is 72.9 Å². The van der Waals surface area contributed by atoms with Gasteiger partial charge in [0, 0.05) is 22.2 Å². The normalized spacial score (nSPS) is 12.5. The molecule has 8 aromatic rings. The summed E-state index contributed by atoms with van der Waals surface area (Å²) in [5.41, 5.74) is 10.3. The van der Waals surface area contributed by atoms with E-state index >= 15 is 0 Å². The molecule has 8 rings (SSSR count). The third kappa shape index (κ3) is 4.14. The first kappa shape index (κ1) is 25.9. The Morgan fingerprint density at radius 1 is 0.773 bits per heavy atom. The van der Waals surface area contributed by atoms with Crippen LogP contribution < -0.4 is 0 Å². The summed E-state index contributed by atoms with van der Waals surface area (Å²) < 4.78 is 10.6. The SMILES string of the molecule is C/C=C\C(=C/CC)c1cc(-c2ccccc2)nc(-c2ccc3c(c2)n(-c2ccccc2)c2nc4oc5ccccc5c4n32)n1. The fourth-order valence-corrected chi connectivity index (χ4v) is 6.04. The minimum atomic E-state index is 0.625. The van der Waals surface area contributed by atoms with Crippen molar-refractivity contribution >= 4 is 44.6 Å². The number of hydrogen-bond donors (Lipinski definition) is 0. The largest absolute Gasteiger partial charge is 0.436 e. The highest BCUT2D eigenvalue weighted by atomic mass is 16.3. The zero-order chi connectivity index (χ0) is 29.6. The van der Waals surface area contributed by atoms with Crippen LogP contribution in [0.5, 0.6) is 0 Å². The molecule has 0 saturated carbocycles. The van der Waals surface area contributed by atoms with Crippen LogP contribution in [0.4, 0.5) is 0 Å². The third-order valence-corrected chi connectivity index (χ3v) is 7.97. The number of para-hydroxylation sites is 2. The topological polar surface area (TPSA) is 61.2 Å². The lowest BCUT2D eigenvalue weighted by atomic mass is 10.1. The summed E-state index contributed by atoms with van der Waals surface area (Å²) >= 11 is 0. The van der Waals surface area contributed by atoms with Gasteiger partial charge in [-0.3, -0.25) is 8.97 Å². The first-order valence-corrected chi connectivity index (χ1v) is 14.9. The van der Waals surface area contributed by atoms with Gasteiger partial charge in [-0.25, -0.2) is 9.97 Å². The van der Waals surface area contributed by atoms with Crippen molar-refractivity contribution in [2.45, 2.75) is 20.3 Å². The van der Waals surface area contributed by atoms with Crippen molar-refractivity contribution in [2.75, 3.05) is 0 Å². The number of nitrogens with zero attached hydrogens (tertiary/aromatic N) is 5. The van der Waals surface area contributed by atoms with Crippen molar-refractivity contribution in [1.82, 2.24) is 23.9 Å². The van der Waals surface area contributed by atoms with E-state index in [9.17, 15) is 0 Å². The van der Waals surface area contributed by atoms with Crippen LogP contribution in [0.3, 0.4) is 0 Å². The van der Waals surface area contributed by atoms with E-state index in [1.807, 2.05) is 61.5 Å². The quantitative estimate of drug-likeness (QED) is 0.186. The van der Waals surface area contributed by atoms with Crippen LogP contribution in [-0.2, 0) is 0 Å². The van der Waals surface area contributed by atoms with E-state index in [0.717, 1.165) is 73.5 Å². The van der Waals surface area contributed by atoms with E-state index in [-0.39, 0.29) is 0 Å². The van der Waals surface area contributed by atoms with Crippen LogP contribution in [-0.4, -0.2) is 23.9 Å². The van der Waals surface area contributed by atoms with Crippen molar-refractivity contribution in [3.8, 4) is 28.3 Å². The van der Waals surface area contributed by atoms with Gasteiger partial charge in [0.05, 0.1) is 22.4 Å². The van der Waals surface area contributed by atoms with Gasteiger partial charge < -0.3 is 4.42 Å². The van der Waals surface area contributed by atoms with Crippen LogP contribution in [0.15, 0.2) is 132 Å². The van der Waals surface area contributed by atoms with Gasteiger partial charge in [-0.15, -0.1) is 0 Å². The Balaban J connectivity index is 1.42. The van der Waals surface area contributed by atoms with Gasteiger partial charge in [-0.1, -0.05) is 85.8 Å². The van der Waals surface area contributed by atoms with E-state index in [1.54, 1.807) is 0 Å². The molecule has 0 aliphatic carbocycles. The maximum absolute atomic E-state index is 6.18. The summed E-state index contributed by atoms with van der Waals surface area (Å²) in [7, 11) is 0. The second kappa shape index (κ2) is 10.5. The van der Waals surface area contributed by atoms with Gasteiger partial charge in [-0.2, -0.15) is 4.98 Å². The number of imidazole rings is 2.